The third-order valence-electron chi connectivity index (χ3n) is 3.05. The molecule has 1 fully saturated rings. The van der Waals surface area contributed by atoms with E-state index in [4.69, 9.17) is 5.26 Å². The van der Waals surface area contributed by atoms with E-state index in [0.717, 1.165) is 19.4 Å². The van der Waals surface area contributed by atoms with E-state index in [1.807, 2.05) is 0 Å². The fourth-order valence-corrected chi connectivity index (χ4v) is 2.05. The SMILES string of the molecule is N#Cc1c(F)cccc1NC(=O)[C@H]1CCCNC1. The van der Waals surface area contributed by atoms with Crippen LogP contribution in [0.3, 0.4) is 0 Å². The molecular formula is C13H14FN3O. The topological polar surface area (TPSA) is 64.9 Å². The second kappa shape index (κ2) is 5.61. The summed E-state index contributed by atoms with van der Waals surface area (Å²) < 4.78 is 13.4. The van der Waals surface area contributed by atoms with E-state index < -0.39 is 5.82 Å². The van der Waals surface area contributed by atoms with Crippen LogP contribution in [0.25, 0.3) is 0 Å². The summed E-state index contributed by atoms with van der Waals surface area (Å²) in [7, 11) is 0. The summed E-state index contributed by atoms with van der Waals surface area (Å²) in [5, 5.41) is 14.6. The molecule has 1 amide bonds. The Labute approximate surface area is 105 Å². The van der Waals surface area contributed by atoms with Gasteiger partial charge >= 0.3 is 0 Å². The number of benzene rings is 1. The molecule has 1 heterocycles. The van der Waals surface area contributed by atoms with Crippen molar-refractivity contribution in [2.45, 2.75) is 12.8 Å². The number of halogens is 1. The lowest BCUT2D eigenvalue weighted by molar-refractivity contribution is -0.120. The van der Waals surface area contributed by atoms with Gasteiger partial charge in [-0.05, 0) is 31.5 Å². The van der Waals surface area contributed by atoms with E-state index in [-0.39, 0.29) is 23.1 Å². The molecule has 18 heavy (non-hydrogen) atoms. The van der Waals surface area contributed by atoms with E-state index in [1.54, 1.807) is 6.07 Å². The lowest BCUT2D eigenvalue weighted by atomic mass is 9.98. The van der Waals surface area contributed by atoms with Gasteiger partial charge in [0.1, 0.15) is 17.4 Å². The number of hydrogen-bond donors (Lipinski definition) is 2. The van der Waals surface area contributed by atoms with Crippen LogP contribution < -0.4 is 10.6 Å². The van der Waals surface area contributed by atoms with Crippen molar-refractivity contribution < 1.29 is 9.18 Å². The number of carbonyl (C=O) groups is 1. The molecule has 1 aromatic rings. The molecule has 0 unspecified atom stereocenters. The first-order valence-electron chi connectivity index (χ1n) is 5.92. The van der Waals surface area contributed by atoms with E-state index in [9.17, 15) is 9.18 Å². The third-order valence-corrected chi connectivity index (χ3v) is 3.05. The molecule has 2 rings (SSSR count). The molecule has 1 aliphatic heterocycles. The Morgan fingerprint density at radius 3 is 3.06 bits per heavy atom. The van der Waals surface area contributed by atoms with Crippen molar-refractivity contribution in [3.63, 3.8) is 0 Å². The molecule has 4 nitrogen and oxygen atoms in total. The Balaban J connectivity index is 2.12. The largest absolute Gasteiger partial charge is 0.325 e. The molecule has 5 heteroatoms. The zero-order valence-corrected chi connectivity index (χ0v) is 9.87. The zero-order chi connectivity index (χ0) is 13.0. The summed E-state index contributed by atoms with van der Waals surface area (Å²) in [5.74, 6) is -0.894. The summed E-state index contributed by atoms with van der Waals surface area (Å²) in [6.45, 7) is 1.55. The maximum absolute atomic E-state index is 13.4. The summed E-state index contributed by atoms with van der Waals surface area (Å²) in [4.78, 5) is 12.0. The minimum atomic E-state index is -0.614. The summed E-state index contributed by atoms with van der Waals surface area (Å²) in [6.07, 6.45) is 1.77. The van der Waals surface area contributed by atoms with Crippen LogP contribution in [0.2, 0.25) is 0 Å². The van der Waals surface area contributed by atoms with Crippen LogP contribution in [-0.2, 0) is 4.79 Å². The second-order valence-corrected chi connectivity index (χ2v) is 4.31. The van der Waals surface area contributed by atoms with Gasteiger partial charge in [-0.2, -0.15) is 5.26 Å². The van der Waals surface area contributed by atoms with Crippen molar-refractivity contribution in [1.29, 1.82) is 5.26 Å². The van der Waals surface area contributed by atoms with Crippen LogP contribution in [0.15, 0.2) is 18.2 Å². The van der Waals surface area contributed by atoms with Gasteiger partial charge in [-0.15, -0.1) is 0 Å². The normalized spacial score (nSPS) is 19.0. The molecule has 0 aromatic heterocycles. The molecule has 1 saturated heterocycles. The monoisotopic (exact) mass is 247 g/mol. The van der Waals surface area contributed by atoms with Gasteiger partial charge in [0.25, 0.3) is 0 Å². The van der Waals surface area contributed by atoms with Gasteiger partial charge < -0.3 is 10.6 Å². The fourth-order valence-electron chi connectivity index (χ4n) is 2.05. The van der Waals surface area contributed by atoms with Gasteiger partial charge in [-0.3, -0.25) is 4.79 Å². The van der Waals surface area contributed by atoms with Crippen LogP contribution >= 0.6 is 0 Å². The lowest BCUT2D eigenvalue weighted by Gasteiger charge is -2.22. The van der Waals surface area contributed by atoms with Gasteiger partial charge in [0.2, 0.25) is 5.91 Å². The number of anilines is 1. The highest BCUT2D eigenvalue weighted by Gasteiger charge is 2.22. The molecular weight excluding hydrogens is 233 g/mol. The highest BCUT2D eigenvalue weighted by Crippen LogP contribution is 2.20. The Hall–Kier alpha value is -1.93. The van der Waals surface area contributed by atoms with E-state index in [0.29, 0.717) is 6.54 Å². The standard InChI is InChI=1S/C13H14FN3O/c14-11-4-1-5-12(10(11)7-15)17-13(18)9-3-2-6-16-8-9/h1,4-5,9,16H,2-3,6,8H2,(H,17,18)/t9-/m0/s1. The maximum Gasteiger partial charge on any atom is 0.228 e. The van der Waals surface area contributed by atoms with Crippen LogP contribution in [0.5, 0.6) is 0 Å². The van der Waals surface area contributed by atoms with E-state index >= 15 is 0 Å². The van der Waals surface area contributed by atoms with E-state index in [1.165, 1.54) is 18.2 Å². The van der Waals surface area contributed by atoms with Crippen molar-refractivity contribution in [2.75, 3.05) is 18.4 Å². The van der Waals surface area contributed by atoms with Crippen molar-refractivity contribution in [2.24, 2.45) is 5.92 Å². The molecule has 94 valence electrons. The fraction of sp³-hybridized carbons (Fsp3) is 0.385. The van der Waals surface area contributed by atoms with Crippen LogP contribution in [0.4, 0.5) is 10.1 Å². The Morgan fingerprint density at radius 1 is 1.56 bits per heavy atom. The highest BCUT2D eigenvalue weighted by molar-refractivity contribution is 5.94. The van der Waals surface area contributed by atoms with Gasteiger partial charge in [0, 0.05) is 6.54 Å². The van der Waals surface area contributed by atoms with Crippen molar-refractivity contribution in [1.82, 2.24) is 5.32 Å². The van der Waals surface area contributed by atoms with Gasteiger partial charge in [-0.25, -0.2) is 4.39 Å². The highest BCUT2D eigenvalue weighted by atomic mass is 19.1. The summed E-state index contributed by atoms with van der Waals surface area (Å²) in [5.41, 5.74) is 0.127. The second-order valence-electron chi connectivity index (χ2n) is 4.31. The number of rotatable bonds is 2. The third kappa shape index (κ3) is 2.66. The van der Waals surface area contributed by atoms with Gasteiger partial charge in [0.05, 0.1) is 11.6 Å². The number of nitrogens with zero attached hydrogens (tertiary/aromatic N) is 1. The quantitative estimate of drug-likeness (QED) is 0.835. The van der Waals surface area contributed by atoms with Crippen LogP contribution in [0, 0.1) is 23.1 Å². The molecule has 0 saturated carbocycles. The summed E-state index contributed by atoms with van der Waals surface area (Å²) >= 11 is 0. The number of amides is 1. The maximum atomic E-state index is 13.4. The minimum Gasteiger partial charge on any atom is -0.325 e. The smallest absolute Gasteiger partial charge is 0.228 e. The zero-order valence-electron chi connectivity index (χ0n) is 9.87. The number of carbonyl (C=O) groups excluding carboxylic acids is 1. The molecule has 1 aliphatic rings. The number of nitrogens with one attached hydrogen (secondary N) is 2. The first-order chi connectivity index (χ1) is 8.72. The van der Waals surface area contributed by atoms with Gasteiger partial charge in [-0.1, -0.05) is 6.07 Å². The van der Waals surface area contributed by atoms with Crippen LogP contribution in [-0.4, -0.2) is 19.0 Å². The number of nitriles is 1. The number of piperidine rings is 1. The van der Waals surface area contributed by atoms with Gasteiger partial charge in [0.15, 0.2) is 0 Å². The molecule has 1 atom stereocenters. The Kier molecular flexibility index (Phi) is 3.90. The average molecular weight is 247 g/mol. The lowest BCUT2D eigenvalue weighted by Crippen LogP contribution is -2.37. The molecule has 0 bridgehead atoms. The van der Waals surface area contributed by atoms with Crippen molar-refractivity contribution in [3.05, 3.63) is 29.6 Å². The predicted molar refractivity (Wildman–Crippen MR) is 65.3 cm³/mol. The average Bonchev–Trinajstić information content (AvgIpc) is 2.40. The Bertz CT molecular complexity index is 489. The number of hydrogen-bond acceptors (Lipinski definition) is 3. The van der Waals surface area contributed by atoms with Crippen LogP contribution in [0.1, 0.15) is 18.4 Å². The molecule has 0 radical (unpaired) electrons. The molecule has 2 N–H and O–H groups in total. The summed E-state index contributed by atoms with van der Waals surface area (Å²) in [6, 6.07) is 5.99. The van der Waals surface area contributed by atoms with Crippen molar-refractivity contribution >= 4 is 11.6 Å². The first-order valence-corrected chi connectivity index (χ1v) is 5.92. The molecule has 1 aromatic carbocycles. The van der Waals surface area contributed by atoms with Crippen molar-refractivity contribution in [3.8, 4) is 6.07 Å². The molecule has 0 aliphatic carbocycles. The first kappa shape index (κ1) is 12.5. The Morgan fingerprint density at radius 2 is 2.39 bits per heavy atom. The predicted octanol–water partition coefficient (Wildman–Crippen LogP) is 1.64. The molecule has 0 spiro atoms. The van der Waals surface area contributed by atoms with E-state index in [2.05, 4.69) is 10.6 Å². The minimum absolute atomic E-state index is 0.116.